The van der Waals surface area contributed by atoms with E-state index in [2.05, 4.69) is 25.2 Å². The number of rotatable bonds is 5. The Hall–Kier alpha value is -0.730. The van der Waals surface area contributed by atoms with E-state index in [4.69, 9.17) is 17.3 Å². The molecule has 1 aromatic rings. The van der Waals surface area contributed by atoms with Gasteiger partial charge in [0.1, 0.15) is 0 Å². The van der Waals surface area contributed by atoms with Crippen LogP contribution >= 0.6 is 11.6 Å². The molecule has 1 rings (SSSR count). The lowest BCUT2D eigenvalue weighted by Gasteiger charge is -2.20. The van der Waals surface area contributed by atoms with Gasteiger partial charge in [-0.25, -0.2) is 0 Å². The highest BCUT2D eigenvalue weighted by molar-refractivity contribution is 6.31. The molecule has 0 aliphatic carbocycles. The van der Waals surface area contributed by atoms with Gasteiger partial charge in [0.05, 0.1) is 0 Å². The fraction of sp³-hybridized carbons (Fsp3) is 0.538. The normalized spacial score (nSPS) is 12.9. The summed E-state index contributed by atoms with van der Waals surface area (Å²) in [6, 6.07) is 5.92. The Morgan fingerprint density at radius 1 is 1.38 bits per heavy atom. The van der Waals surface area contributed by atoms with E-state index in [1.165, 1.54) is 0 Å². The Morgan fingerprint density at radius 3 is 2.62 bits per heavy atom. The third kappa shape index (κ3) is 3.39. The molecular formula is C13H21ClN2. The van der Waals surface area contributed by atoms with Gasteiger partial charge in [0.25, 0.3) is 0 Å². The summed E-state index contributed by atoms with van der Waals surface area (Å²) in [5.74, 6) is 1.09. The van der Waals surface area contributed by atoms with E-state index in [0.29, 0.717) is 18.4 Å². The smallest absolute Gasteiger partial charge is 0.0455 e. The van der Waals surface area contributed by atoms with Crippen molar-refractivity contribution in [3.63, 3.8) is 0 Å². The van der Waals surface area contributed by atoms with Crippen LogP contribution < -0.4 is 11.1 Å². The third-order valence-electron chi connectivity index (χ3n) is 3.07. The Bertz CT molecular complexity index is 337. The number of benzene rings is 1. The lowest BCUT2D eigenvalue weighted by atomic mass is 9.96. The van der Waals surface area contributed by atoms with E-state index >= 15 is 0 Å². The van der Waals surface area contributed by atoms with E-state index in [-0.39, 0.29) is 0 Å². The Balaban J connectivity index is 2.64. The molecule has 1 atom stereocenters. The summed E-state index contributed by atoms with van der Waals surface area (Å²) in [6.07, 6.45) is 0. The minimum atomic E-state index is 0.499. The van der Waals surface area contributed by atoms with E-state index in [9.17, 15) is 0 Å². The molecule has 0 aliphatic rings. The first-order chi connectivity index (χ1) is 7.56. The lowest BCUT2D eigenvalue weighted by Crippen LogP contribution is -2.27. The van der Waals surface area contributed by atoms with Crippen LogP contribution in [0.15, 0.2) is 18.2 Å². The highest BCUT2D eigenvalue weighted by Gasteiger charge is 2.11. The molecule has 0 aromatic heterocycles. The van der Waals surface area contributed by atoms with E-state index in [1.54, 1.807) is 0 Å². The van der Waals surface area contributed by atoms with Gasteiger partial charge in [-0.1, -0.05) is 31.5 Å². The summed E-state index contributed by atoms with van der Waals surface area (Å²) in [6.45, 7) is 8.03. The predicted octanol–water partition coefficient (Wildman–Crippen LogP) is 3.29. The van der Waals surface area contributed by atoms with Gasteiger partial charge in [-0.2, -0.15) is 0 Å². The highest BCUT2D eigenvalue weighted by Crippen LogP contribution is 2.23. The van der Waals surface area contributed by atoms with Crippen molar-refractivity contribution in [2.75, 3.05) is 18.4 Å². The molecule has 0 aliphatic heterocycles. The summed E-state index contributed by atoms with van der Waals surface area (Å²) in [7, 11) is 0. The number of halogens is 1. The first kappa shape index (κ1) is 13.3. The van der Waals surface area contributed by atoms with Crippen molar-refractivity contribution in [3.05, 3.63) is 28.8 Å². The van der Waals surface area contributed by atoms with Gasteiger partial charge >= 0.3 is 0 Å². The van der Waals surface area contributed by atoms with E-state index < -0.39 is 0 Å². The molecule has 0 radical (unpaired) electrons. The Labute approximate surface area is 103 Å². The summed E-state index contributed by atoms with van der Waals surface area (Å²) < 4.78 is 0. The maximum absolute atomic E-state index is 6.06. The molecule has 1 aromatic carbocycles. The minimum Gasteiger partial charge on any atom is -0.384 e. The molecule has 0 bridgehead atoms. The van der Waals surface area contributed by atoms with Crippen LogP contribution in [0.25, 0.3) is 0 Å². The fourth-order valence-electron chi connectivity index (χ4n) is 1.63. The van der Waals surface area contributed by atoms with Gasteiger partial charge in [-0.15, -0.1) is 0 Å². The molecule has 2 nitrogen and oxygen atoms in total. The molecular weight excluding hydrogens is 220 g/mol. The highest BCUT2D eigenvalue weighted by atomic mass is 35.5. The average Bonchev–Trinajstić information content (AvgIpc) is 2.24. The molecule has 3 heteroatoms. The van der Waals surface area contributed by atoms with Gasteiger partial charge in [-0.3, -0.25) is 0 Å². The third-order valence-corrected chi connectivity index (χ3v) is 3.48. The lowest BCUT2D eigenvalue weighted by molar-refractivity contribution is 0.413. The first-order valence-corrected chi connectivity index (χ1v) is 6.13. The van der Waals surface area contributed by atoms with Crippen LogP contribution in [0.1, 0.15) is 19.4 Å². The van der Waals surface area contributed by atoms with Crippen molar-refractivity contribution in [2.45, 2.75) is 20.8 Å². The molecule has 0 heterocycles. The van der Waals surface area contributed by atoms with Gasteiger partial charge in [0, 0.05) is 17.3 Å². The number of hydrogen-bond donors (Lipinski definition) is 2. The Morgan fingerprint density at radius 2 is 2.06 bits per heavy atom. The number of hydrogen-bond acceptors (Lipinski definition) is 2. The van der Waals surface area contributed by atoms with E-state index in [0.717, 1.165) is 22.8 Å². The molecule has 1 unspecified atom stereocenters. The SMILES string of the molecule is Cc1c(Cl)cccc1NCC(CN)C(C)C. The second-order valence-corrected chi connectivity index (χ2v) is 4.94. The molecule has 3 N–H and O–H groups in total. The van der Waals surface area contributed by atoms with Crippen LogP contribution in [0, 0.1) is 18.8 Å². The molecule has 0 amide bonds. The van der Waals surface area contributed by atoms with Gasteiger partial charge in [0.2, 0.25) is 0 Å². The monoisotopic (exact) mass is 240 g/mol. The summed E-state index contributed by atoms with van der Waals surface area (Å²) in [4.78, 5) is 0. The van der Waals surface area contributed by atoms with Crippen molar-refractivity contribution in [1.29, 1.82) is 0 Å². The predicted molar refractivity (Wildman–Crippen MR) is 72.1 cm³/mol. The van der Waals surface area contributed by atoms with Crippen LogP contribution in [0.4, 0.5) is 5.69 Å². The summed E-state index contributed by atoms with van der Waals surface area (Å²) >= 11 is 6.06. The molecule has 0 spiro atoms. The zero-order valence-electron chi connectivity index (χ0n) is 10.3. The molecule has 90 valence electrons. The second-order valence-electron chi connectivity index (χ2n) is 4.53. The van der Waals surface area contributed by atoms with Crippen molar-refractivity contribution < 1.29 is 0 Å². The first-order valence-electron chi connectivity index (χ1n) is 5.75. The zero-order chi connectivity index (χ0) is 12.1. The molecule has 0 saturated heterocycles. The van der Waals surface area contributed by atoms with Gasteiger partial charge in [0.15, 0.2) is 0 Å². The van der Waals surface area contributed by atoms with Crippen molar-refractivity contribution >= 4 is 17.3 Å². The van der Waals surface area contributed by atoms with Crippen LogP contribution in [0.5, 0.6) is 0 Å². The van der Waals surface area contributed by atoms with Crippen LogP contribution in [-0.4, -0.2) is 13.1 Å². The molecule has 16 heavy (non-hydrogen) atoms. The maximum atomic E-state index is 6.06. The van der Waals surface area contributed by atoms with Crippen molar-refractivity contribution in [3.8, 4) is 0 Å². The molecule has 0 saturated carbocycles. The minimum absolute atomic E-state index is 0.499. The number of anilines is 1. The van der Waals surface area contributed by atoms with Crippen LogP contribution in [0.2, 0.25) is 5.02 Å². The maximum Gasteiger partial charge on any atom is 0.0455 e. The zero-order valence-corrected chi connectivity index (χ0v) is 11.0. The van der Waals surface area contributed by atoms with Crippen molar-refractivity contribution in [1.82, 2.24) is 0 Å². The second kappa shape index (κ2) is 6.12. The van der Waals surface area contributed by atoms with Crippen LogP contribution in [-0.2, 0) is 0 Å². The number of nitrogens with one attached hydrogen (secondary N) is 1. The largest absolute Gasteiger partial charge is 0.384 e. The Kier molecular flexibility index (Phi) is 5.10. The van der Waals surface area contributed by atoms with Crippen molar-refractivity contribution in [2.24, 2.45) is 17.6 Å². The standard InChI is InChI=1S/C13H21ClN2/c1-9(2)11(7-15)8-16-13-6-4-5-12(14)10(13)3/h4-6,9,11,16H,7-8,15H2,1-3H3. The average molecular weight is 241 g/mol. The summed E-state index contributed by atoms with van der Waals surface area (Å²) in [5.41, 5.74) is 7.94. The van der Waals surface area contributed by atoms with Gasteiger partial charge in [-0.05, 0) is 43.0 Å². The van der Waals surface area contributed by atoms with Gasteiger partial charge < -0.3 is 11.1 Å². The number of nitrogens with two attached hydrogens (primary N) is 1. The summed E-state index contributed by atoms with van der Waals surface area (Å²) in [5, 5.41) is 4.23. The fourth-order valence-corrected chi connectivity index (χ4v) is 1.81. The topological polar surface area (TPSA) is 38.0 Å². The van der Waals surface area contributed by atoms with Crippen LogP contribution in [0.3, 0.4) is 0 Å². The van der Waals surface area contributed by atoms with E-state index in [1.807, 2.05) is 19.1 Å². The molecule has 0 fully saturated rings. The quantitative estimate of drug-likeness (QED) is 0.829.